The van der Waals surface area contributed by atoms with Crippen LogP contribution in [-0.4, -0.2) is 12.9 Å². The molecule has 0 aromatic carbocycles. The summed E-state index contributed by atoms with van der Waals surface area (Å²) in [6.45, 7) is 2.42. The fourth-order valence-corrected chi connectivity index (χ4v) is 0.789. The quantitative estimate of drug-likeness (QED) is 0.458. The van der Waals surface area contributed by atoms with Crippen molar-refractivity contribution >= 4 is 6.29 Å². The summed E-state index contributed by atoms with van der Waals surface area (Å²) < 4.78 is 1.45. The van der Waals surface area contributed by atoms with Gasteiger partial charge in [0, 0.05) is 16.9 Å². The van der Waals surface area contributed by atoms with Crippen LogP contribution in [0.4, 0.5) is 0 Å². The van der Waals surface area contributed by atoms with E-state index in [1.165, 1.54) is 4.73 Å². The number of nitrogens with zero attached hydrogens (tertiary/aromatic N) is 1. The van der Waals surface area contributed by atoms with Gasteiger partial charge in [-0.15, -0.1) is 0 Å². The predicted molar refractivity (Wildman–Crippen MR) is 39.1 cm³/mol. The van der Waals surface area contributed by atoms with Crippen molar-refractivity contribution in [3.05, 3.63) is 30.1 Å². The highest BCUT2D eigenvalue weighted by molar-refractivity contribution is 5.69. The molecule has 0 aliphatic carbocycles. The molecule has 0 spiro atoms. The molecule has 11 heavy (non-hydrogen) atoms. The zero-order chi connectivity index (χ0) is 8.10. The second kappa shape index (κ2) is 3.71. The standard InChI is InChI=1S/C8H10NO2/c1-2-11-9-6-4-3-5-8(9)7-10/h3-7H,2H2,1H3/q+1. The number of rotatable bonds is 3. The minimum absolute atomic E-state index is 0.523. The molecule has 3 nitrogen and oxygen atoms in total. The summed E-state index contributed by atoms with van der Waals surface area (Å²) in [6.07, 6.45) is 2.46. The Morgan fingerprint density at radius 3 is 3.09 bits per heavy atom. The van der Waals surface area contributed by atoms with Gasteiger partial charge in [0.15, 0.2) is 6.61 Å². The number of carbonyl (C=O) groups excluding carboxylic acids is 1. The highest BCUT2D eigenvalue weighted by Gasteiger charge is 2.07. The van der Waals surface area contributed by atoms with Gasteiger partial charge in [-0.05, 0) is 13.0 Å². The zero-order valence-corrected chi connectivity index (χ0v) is 6.36. The summed E-state index contributed by atoms with van der Waals surface area (Å²) in [7, 11) is 0. The van der Waals surface area contributed by atoms with Gasteiger partial charge in [0.1, 0.15) is 0 Å². The second-order valence-electron chi connectivity index (χ2n) is 1.99. The van der Waals surface area contributed by atoms with Crippen LogP contribution in [0.5, 0.6) is 0 Å². The van der Waals surface area contributed by atoms with E-state index < -0.39 is 0 Å². The number of carbonyl (C=O) groups is 1. The van der Waals surface area contributed by atoms with Crippen LogP contribution in [0, 0.1) is 0 Å². The van der Waals surface area contributed by atoms with E-state index in [4.69, 9.17) is 4.84 Å². The molecular weight excluding hydrogens is 142 g/mol. The van der Waals surface area contributed by atoms with Crippen LogP contribution < -0.4 is 9.57 Å². The van der Waals surface area contributed by atoms with Crippen molar-refractivity contribution < 1.29 is 14.4 Å². The van der Waals surface area contributed by atoms with Gasteiger partial charge in [-0.1, -0.05) is 0 Å². The molecule has 0 fully saturated rings. The summed E-state index contributed by atoms with van der Waals surface area (Å²) in [5, 5.41) is 0. The van der Waals surface area contributed by atoms with Crippen LogP contribution in [0.15, 0.2) is 24.4 Å². The van der Waals surface area contributed by atoms with Crippen LogP contribution in [0.3, 0.4) is 0 Å². The SMILES string of the molecule is CCO[n+]1ccccc1C=O. The topological polar surface area (TPSA) is 30.2 Å². The third kappa shape index (κ3) is 1.77. The van der Waals surface area contributed by atoms with Crippen molar-refractivity contribution in [2.24, 2.45) is 0 Å². The first kappa shape index (κ1) is 7.72. The fraction of sp³-hybridized carbons (Fsp3) is 0.250. The van der Waals surface area contributed by atoms with Crippen molar-refractivity contribution in [1.29, 1.82) is 0 Å². The number of aromatic nitrogens is 1. The third-order valence-electron chi connectivity index (χ3n) is 1.24. The fourth-order valence-electron chi connectivity index (χ4n) is 0.789. The minimum Gasteiger partial charge on any atom is -0.291 e. The largest absolute Gasteiger partial charge is 0.296 e. The molecule has 0 aliphatic heterocycles. The number of hydrogen-bond donors (Lipinski definition) is 0. The van der Waals surface area contributed by atoms with Crippen molar-refractivity contribution in [2.75, 3.05) is 6.61 Å². The van der Waals surface area contributed by atoms with Crippen LogP contribution in [0.1, 0.15) is 17.4 Å². The van der Waals surface area contributed by atoms with Crippen molar-refractivity contribution in [2.45, 2.75) is 6.92 Å². The lowest BCUT2D eigenvalue weighted by Gasteiger charge is -1.94. The van der Waals surface area contributed by atoms with Gasteiger partial charge < -0.3 is 0 Å². The van der Waals surface area contributed by atoms with E-state index in [-0.39, 0.29) is 0 Å². The molecule has 0 atom stereocenters. The molecule has 0 saturated carbocycles. The Morgan fingerprint density at radius 2 is 2.45 bits per heavy atom. The minimum atomic E-state index is 0.523. The van der Waals surface area contributed by atoms with Gasteiger partial charge in [0.05, 0.1) is 0 Å². The maximum Gasteiger partial charge on any atom is 0.296 e. The van der Waals surface area contributed by atoms with Gasteiger partial charge in [-0.3, -0.25) is 9.63 Å². The molecule has 0 unspecified atom stereocenters. The van der Waals surface area contributed by atoms with Crippen LogP contribution in [0.2, 0.25) is 0 Å². The molecule has 0 amide bonds. The van der Waals surface area contributed by atoms with E-state index in [2.05, 4.69) is 0 Å². The Morgan fingerprint density at radius 1 is 1.64 bits per heavy atom. The number of aldehydes is 1. The summed E-state index contributed by atoms with van der Waals surface area (Å²) in [5.74, 6) is 0. The first-order valence-corrected chi connectivity index (χ1v) is 3.47. The molecule has 3 heteroatoms. The highest BCUT2D eigenvalue weighted by Crippen LogP contribution is 1.84. The maximum atomic E-state index is 10.4. The van der Waals surface area contributed by atoms with Gasteiger partial charge in [-0.25, -0.2) is 0 Å². The van der Waals surface area contributed by atoms with Crippen molar-refractivity contribution in [3.63, 3.8) is 0 Å². The first-order valence-electron chi connectivity index (χ1n) is 3.47. The van der Waals surface area contributed by atoms with Crippen molar-refractivity contribution in [1.82, 2.24) is 0 Å². The molecule has 0 aliphatic rings. The van der Waals surface area contributed by atoms with E-state index in [9.17, 15) is 4.79 Å². The molecule has 58 valence electrons. The first-order chi connectivity index (χ1) is 5.38. The Hall–Kier alpha value is -1.38. The molecule has 0 radical (unpaired) electrons. The van der Waals surface area contributed by atoms with E-state index >= 15 is 0 Å². The number of pyridine rings is 1. The molecular formula is C8H10NO2+. The maximum absolute atomic E-state index is 10.4. The van der Waals surface area contributed by atoms with Gasteiger partial charge in [0.25, 0.3) is 5.69 Å². The van der Waals surface area contributed by atoms with Crippen LogP contribution in [0.25, 0.3) is 0 Å². The van der Waals surface area contributed by atoms with Crippen LogP contribution in [-0.2, 0) is 0 Å². The van der Waals surface area contributed by atoms with E-state index in [1.54, 1.807) is 18.3 Å². The van der Waals surface area contributed by atoms with Gasteiger partial charge in [-0.2, -0.15) is 0 Å². The predicted octanol–water partition coefficient (Wildman–Crippen LogP) is 0.235. The summed E-state index contributed by atoms with van der Waals surface area (Å²) >= 11 is 0. The number of hydrogen-bond acceptors (Lipinski definition) is 2. The van der Waals surface area contributed by atoms with Gasteiger partial charge in [0.2, 0.25) is 12.5 Å². The zero-order valence-electron chi connectivity index (χ0n) is 6.36. The smallest absolute Gasteiger partial charge is 0.291 e. The lowest BCUT2D eigenvalue weighted by atomic mass is 10.4. The molecule has 1 aromatic heterocycles. The monoisotopic (exact) mass is 152 g/mol. The summed E-state index contributed by atoms with van der Waals surface area (Å²) in [5.41, 5.74) is 0.523. The average Bonchev–Trinajstić information content (AvgIpc) is 2.06. The summed E-state index contributed by atoms with van der Waals surface area (Å²) in [4.78, 5) is 15.5. The molecule has 1 rings (SSSR count). The van der Waals surface area contributed by atoms with E-state index in [0.29, 0.717) is 12.3 Å². The average molecular weight is 152 g/mol. The molecule has 0 saturated heterocycles. The lowest BCUT2D eigenvalue weighted by molar-refractivity contribution is -0.891. The Labute approximate surface area is 65.2 Å². The van der Waals surface area contributed by atoms with Crippen LogP contribution >= 0.6 is 0 Å². The summed E-state index contributed by atoms with van der Waals surface area (Å²) in [6, 6.07) is 5.30. The third-order valence-corrected chi connectivity index (χ3v) is 1.24. The highest BCUT2D eigenvalue weighted by atomic mass is 16.7. The molecule has 0 N–H and O–H groups in total. The van der Waals surface area contributed by atoms with E-state index in [0.717, 1.165) is 6.29 Å². The molecule has 1 heterocycles. The normalized spacial score (nSPS) is 9.18. The second-order valence-corrected chi connectivity index (χ2v) is 1.99. The van der Waals surface area contributed by atoms with Crippen molar-refractivity contribution in [3.8, 4) is 0 Å². The Bertz CT molecular complexity index is 248. The molecule has 1 aromatic rings. The molecule has 0 bridgehead atoms. The lowest BCUT2D eigenvalue weighted by Crippen LogP contribution is -2.45. The Kier molecular flexibility index (Phi) is 2.60. The Balaban J connectivity index is 2.92. The van der Waals surface area contributed by atoms with Gasteiger partial charge >= 0.3 is 0 Å². The van der Waals surface area contributed by atoms with E-state index in [1.807, 2.05) is 13.0 Å².